The third-order valence-corrected chi connectivity index (χ3v) is 3.28. The van der Waals surface area contributed by atoms with Crippen LogP contribution in [-0.2, 0) is 6.54 Å². The fourth-order valence-electron chi connectivity index (χ4n) is 1.98. The fourth-order valence-corrected chi connectivity index (χ4v) is 2.30. The number of anilines is 1. The van der Waals surface area contributed by atoms with Crippen LogP contribution in [0.5, 0.6) is 0 Å². The highest BCUT2D eigenvalue weighted by atomic mass is 35.5. The Morgan fingerprint density at radius 1 is 1.30 bits per heavy atom. The molecule has 0 aliphatic rings. The molecule has 0 spiro atoms. The van der Waals surface area contributed by atoms with Gasteiger partial charge in [0.2, 0.25) is 0 Å². The fraction of sp³-hybridized carbons (Fsp3) is 0.133. The maximum Gasteiger partial charge on any atom is 0.123 e. The molecule has 0 fully saturated rings. The summed E-state index contributed by atoms with van der Waals surface area (Å²) in [6.45, 7) is 0.539. The van der Waals surface area contributed by atoms with Crippen molar-refractivity contribution in [2.45, 2.75) is 6.54 Å². The van der Waals surface area contributed by atoms with Gasteiger partial charge in [-0.05, 0) is 35.9 Å². The Labute approximate surface area is 122 Å². The summed E-state index contributed by atoms with van der Waals surface area (Å²) in [6, 6.07) is 11.6. The van der Waals surface area contributed by atoms with E-state index in [2.05, 4.69) is 0 Å². The van der Waals surface area contributed by atoms with E-state index < -0.39 is 0 Å². The number of rotatable bonds is 4. The maximum absolute atomic E-state index is 13.2. The highest BCUT2D eigenvalue weighted by Gasteiger charge is 2.09. The summed E-state index contributed by atoms with van der Waals surface area (Å²) in [5, 5.41) is 7.89. The zero-order valence-corrected chi connectivity index (χ0v) is 11.8. The molecule has 2 aromatic carbocycles. The van der Waals surface area contributed by atoms with E-state index in [0.717, 1.165) is 11.3 Å². The molecule has 0 atom stereocenters. The molecule has 0 unspecified atom stereocenters. The first-order valence-electron chi connectivity index (χ1n) is 6.07. The number of hydrogen-bond donors (Lipinski definition) is 2. The number of amidine groups is 1. The number of nitrogens with one attached hydrogen (secondary N) is 1. The summed E-state index contributed by atoms with van der Waals surface area (Å²) in [6.07, 6.45) is 0. The molecule has 3 N–H and O–H groups in total. The van der Waals surface area contributed by atoms with Gasteiger partial charge in [-0.3, -0.25) is 5.41 Å². The van der Waals surface area contributed by atoms with E-state index in [0.29, 0.717) is 17.1 Å². The van der Waals surface area contributed by atoms with Gasteiger partial charge in [-0.15, -0.1) is 0 Å². The molecule has 0 saturated carbocycles. The molecule has 0 heterocycles. The second kappa shape index (κ2) is 5.92. The van der Waals surface area contributed by atoms with Crippen LogP contribution in [0, 0.1) is 11.2 Å². The van der Waals surface area contributed by atoms with Gasteiger partial charge < -0.3 is 10.6 Å². The van der Waals surface area contributed by atoms with Crippen LogP contribution in [0.4, 0.5) is 10.1 Å². The van der Waals surface area contributed by atoms with Crippen molar-refractivity contribution in [2.24, 2.45) is 5.73 Å². The highest BCUT2D eigenvalue weighted by Crippen LogP contribution is 2.27. The number of nitrogens with two attached hydrogens (primary N) is 1. The molecular weight excluding hydrogens is 277 g/mol. The Bertz CT molecular complexity index is 643. The van der Waals surface area contributed by atoms with Crippen molar-refractivity contribution >= 4 is 23.1 Å². The normalized spacial score (nSPS) is 10.3. The van der Waals surface area contributed by atoms with Gasteiger partial charge in [0.1, 0.15) is 11.7 Å². The summed E-state index contributed by atoms with van der Waals surface area (Å²) >= 11 is 6.20. The minimum absolute atomic E-state index is 0.0220. The van der Waals surface area contributed by atoms with Gasteiger partial charge in [0.15, 0.2) is 0 Å². The molecular formula is C15H15ClFN3. The lowest BCUT2D eigenvalue weighted by atomic mass is 10.1. The monoisotopic (exact) mass is 291 g/mol. The minimum Gasteiger partial charge on any atom is -0.384 e. The number of nitrogen functional groups attached to an aromatic ring is 1. The second-order valence-electron chi connectivity index (χ2n) is 4.57. The highest BCUT2D eigenvalue weighted by molar-refractivity contribution is 6.33. The van der Waals surface area contributed by atoms with Gasteiger partial charge in [0.05, 0.1) is 10.7 Å². The van der Waals surface area contributed by atoms with Crippen LogP contribution < -0.4 is 10.6 Å². The van der Waals surface area contributed by atoms with Crippen LogP contribution in [0.3, 0.4) is 0 Å². The molecule has 2 rings (SSSR count). The van der Waals surface area contributed by atoms with Crippen molar-refractivity contribution in [2.75, 3.05) is 11.9 Å². The average Bonchev–Trinajstić information content (AvgIpc) is 2.38. The van der Waals surface area contributed by atoms with E-state index in [1.54, 1.807) is 24.3 Å². The summed E-state index contributed by atoms with van der Waals surface area (Å²) in [5.41, 5.74) is 7.67. The van der Waals surface area contributed by atoms with Crippen LogP contribution in [0.2, 0.25) is 5.02 Å². The molecule has 0 saturated heterocycles. The maximum atomic E-state index is 13.2. The molecule has 0 aliphatic carbocycles. The number of halogens is 2. The number of nitrogens with zero attached hydrogens (tertiary/aromatic N) is 1. The Kier molecular flexibility index (Phi) is 4.25. The van der Waals surface area contributed by atoms with Crippen molar-refractivity contribution in [1.29, 1.82) is 5.41 Å². The third kappa shape index (κ3) is 3.27. The van der Waals surface area contributed by atoms with Crippen LogP contribution in [0.15, 0.2) is 42.5 Å². The Hall–Kier alpha value is -2.07. The van der Waals surface area contributed by atoms with Gasteiger partial charge in [-0.25, -0.2) is 4.39 Å². The van der Waals surface area contributed by atoms with Crippen LogP contribution in [0.1, 0.15) is 11.1 Å². The molecule has 20 heavy (non-hydrogen) atoms. The molecule has 2 aromatic rings. The molecule has 0 aliphatic heterocycles. The Morgan fingerprint density at radius 3 is 2.65 bits per heavy atom. The van der Waals surface area contributed by atoms with E-state index in [9.17, 15) is 4.39 Å². The van der Waals surface area contributed by atoms with Gasteiger partial charge in [-0.2, -0.15) is 0 Å². The van der Waals surface area contributed by atoms with Crippen LogP contribution in [-0.4, -0.2) is 12.9 Å². The van der Waals surface area contributed by atoms with Gasteiger partial charge >= 0.3 is 0 Å². The Balaban J connectivity index is 2.21. The number of hydrogen-bond acceptors (Lipinski definition) is 2. The zero-order valence-electron chi connectivity index (χ0n) is 11.0. The second-order valence-corrected chi connectivity index (χ2v) is 4.97. The smallest absolute Gasteiger partial charge is 0.123 e. The van der Waals surface area contributed by atoms with Crippen molar-refractivity contribution in [3.63, 3.8) is 0 Å². The quantitative estimate of drug-likeness (QED) is 0.670. The lowest BCUT2D eigenvalue weighted by molar-refractivity contribution is 0.625. The molecule has 104 valence electrons. The van der Waals surface area contributed by atoms with Gasteiger partial charge in [0, 0.05) is 19.2 Å². The standard InChI is InChI=1S/C15H15ClFN3/c1-20(9-10-3-2-4-12(17)7-10)14-6-5-11(15(18)19)8-13(14)16/h2-8H,9H2,1H3,(H3,18,19). The van der Waals surface area contributed by atoms with Gasteiger partial charge in [0.25, 0.3) is 0 Å². The average molecular weight is 292 g/mol. The third-order valence-electron chi connectivity index (χ3n) is 2.98. The van der Waals surface area contributed by atoms with E-state index in [-0.39, 0.29) is 11.7 Å². The van der Waals surface area contributed by atoms with Crippen molar-refractivity contribution < 1.29 is 4.39 Å². The first-order valence-corrected chi connectivity index (χ1v) is 6.44. The Morgan fingerprint density at radius 2 is 2.05 bits per heavy atom. The molecule has 0 radical (unpaired) electrons. The SMILES string of the molecule is CN(Cc1cccc(F)c1)c1ccc(C(=N)N)cc1Cl. The van der Waals surface area contributed by atoms with Crippen molar-refractivity contribution in [1.82, 2.24) is 0 Å². The lowest BCUT2D eigenvalue weighted by Gasteiger charge is -2.21. The van der Waals surface area contributed by atoms with Crippen molar-refractivity contribution in [3.8, 4) is 0 Å². The van der Waals surface area contributed by atoms with E-state index >= 15 is 0 Å². The lowest BCUT2D eigenvalue weighted by Crippen LogP contribution is -2.17. The molecule has 0 aromatic heterocycles. The largest absolute Gasteiger partial charge is 0.384 e. The number of benzene rings is 2. The first kappa shape index (κ1) is 14.3. The van der Waals surface area contributed by atoms with E-state index in [1.807, 2.05) is 18.0 Å². The minimum atomic E-state index is -0.256. The van der Waals surface area contributed by atoms with Gasteiger partial charge in [-0.1, -0.05) is 23.7 Å². The van der Waals surface area contributed by atoms with Crippen molar-refractivity contribution in [3.05, 3.63) is 64.4 Å². The molecule has 5 heteroatoms. The van der Waals surface area contributed by atoms with Crippen LogP contribution in [0.25, 0.3) is 0 Å². The zero-order chi connectivity index (χ0) is 14.7. The molecule has 0 amide bonds. The van der Waals surface area contributed by atoms with Crippen LogP contribution >= 0.6 is 11.6 Å². The summed E-state index contributed by atoms with van der Waals surface area (Å²) in [7, 11) is 1.87. The molecule has 3 nitrogen and oxygen atoms in total. The first-order chi connectivity index (χ1) is 9.47. The summed E-state index contributed by atoms with van der Waals surface area (Å²) in [4.78, 5) is 1.92. The summed E-state index contributed by atoms with van der Waals surface area (Å²) in [5.74, 6) is -0.278. The predicted octanol–water partition coefficient (Wildman–Crippen LogP) is 3.40. The summed E-state index contributed by atoms with van der Waals surface area (Å²) < 4.78 is 13.2. The molecule has 0 bridgehead atoms. The van der Waals surface area contributed by atoms with E-state index in [4.69, 9.17) is 22.7 Å². The van der Waals surface area contributed by atoms with E-state index in [1.165, 1.54) is 12.1 Å². The topological polar surface area (TPSA) is 53.1 Å². The predicted molar refractivity (Wildman–Crippen MR) is 81.0 cm³/mol.